The number of nitrogens with one attached hydrogen (secondary N) is 2. The van der Waals surface area contributed by atoms with Crippen LogP contribution in [0.15, 0.2) is 52.5 Å². The van der Waals surface area contributed by atoms with Crippen molar-refractivity contribution in [3.05, 3.63) is 48.5 Å². The highest BCUT2D eigenvalue weighted by molar-refractivity contribution is 8.45. The van der Waals surface area contributed by atoms with Gasteiger partial charge in [0.25, 0.3) is 0 Å². The fourth-order valence-corrected chi connectivity index (χ4v) is 4.40. The SMILES string of the molecule is CNSc1cnc(Nc2ccc(S(F)(F)(F)(F)F)cc2)c(-c2cn3c(n2)CCC3)c1. The number of anilines is 2. The van der Waals surface area contributed by atoms with Crippen LogP contribution in [0.3, 0.4) is 0 Å². The summed E-state index contributed by atoms with van der Waals surface area (Å²) >= 11 is 1.35. The fraction of sp³-hybridized carbons (Fsp3) is 0.222. The maximum absolute atomic E-state index is 12.9. The summed E-state index contributed by atoms with van der Waals surface area (Å²) in [7, 11) is -7.94. The summed E-state index contributed by atoms with van der Waals surface area (Å²) < 4.78 is 69.7. The Morgan fingerprint density at radius 3 is 2.47 bits per heavy atom. The zero-order valence-electron chi connectivity index (χ0n) is 15.7. The summed E-state index contributed by atoms with van der Waals surface area (Å²) in [6.07, 6.45) is 5.41. The summed E-state index contributed by atoms with van der Waals surface area (Å²) in [4.78, 5) is 7.90. The molecule has 0 aliphatic carbocycles. The average molecular weight is 464 g/mol. The molecule has 1 aliphatic heterocycles. The van der Waals surface area contributed by atoms with Crippen molar-refractivity contribution >= 4 is 33.7 Å². The molecule has 3 heterocycles. The monoisotopic (exact) mass is 463 g/mol. The van der Waals surface area contributed by atoms with Crippen molar-refractivity contribution in [2.24, 2.45) is 0 Å². The van der Waals surface area contributed by atoms with Gasteiger partial charge < -0.3 is 9.88 Å². The van der Waals surface area contributed by atoms with E-state index in [4.69, 9.17) is 0 Å². The molecule has 3 aromatic rings. The minimum atomic E-state index is -9.71. The first-order valence-electron chi connectivity index (χ1n) is 8.94. The molecule has 5 nitrogen and oxygen atoms in total. The van der Waals surface area contributed by atoms with E-state index < -0.39 is 15.1 Å². The Labute approximate surface area is 174 Å². The minimum Gasteiger partial charge on any atom is -0.340 e. The summed E-state index contributed by atoms with van der Waals surface area (Å²) in [5.74, 6) is 1.33. The molecule has 12 heteroatoms. The topological polar surface area (TPSA) is 54.8 Å². The van der Waals surface area contributed by atoms with Crippen LogP contribution in [0.2, 0.25) is 0 Å². The lowest BCUT2D eigenvalue weighted by Gasteiger charge is -2.40. The number of pyridine rings is 1. The second-order valence-corrected chi connectivity index (χ2v) is 10.3. The molecular weight excluding hydrogens is 445 g/mol. The van der Waals surface area contributed by atoms with E-state index in [0.29, 0.717) is 29.2 Å². The van der Waals surface area contributed by atoms with Crippen LogP contribution in [0.1, 0.15) is 12.2 Å². The van der Waals surface area contributed by atoms with Crippen LogP contribution >= 0.6 is 22.2 Å². The van der Waals surface area contributed by atoms with Crippen LogP contribution in [0.25, 0.3) is 11.3 Å². The number of nitrogens with zero attached hydrogens (tertiary/aromatic N) is 3. The molecule has 1 aromatic carbocycles. The highest BCUT2D eigenvalue weighted by atomic mass is 32.5. The molecule has 0 fully saturated rings. The van der Waals surface area contributed by atoms with Crippen molar-refractivity contribution in [1.82, 2.24) is 19.3 Å². The van der Waals surface area contributed by atoms with Gasteiger partial charge in [0, 0.05) is 41.5 Å². The molecule has 4 rings (SSSR count). The smallest absolute Gasteiger partial charge is 0.310 e. The lowest BCUT2D eigenvalue weighted by atomic mass is 10.2. The van der Waals surface area contributed by atoms with Crippen molar-refractivity contribution in [2.45, 2.75) is 29.2 Å². The zero-order valence-corrected chi connectivity index (χ0v) is 17.3. The Balaban J connectivity index is 1.68. The van der Waals surface area contributed by atoms with E-state index in [1.165, 1.54) is 11.9 Å². The molecule has 0 saturated carbocycles. The van der Waals surface area contributed by atoms with Crippen LogP contribution in [0.5, 0.6) is 0 Å². The van der Waals surface area contributed by atoms with E-state index in [2.05, 4.69) is 24.6 Å². The Morgan fingerprint density at radius 2 is 1.83 bits per heavy atom. The maximum Gasteiger partial charge on any atom is 0.310 e. The van der Waals surface area contributed by atoms with Crippen LogP contribution in [-0.2, 0) is 13.0 Å². The number of aryl methyl sites for hydroxylation is 2. The average Bonchev–Trinajstić information content (AvgIpc) is 3.24. The highest BCUT2D eigenvalue weighted by Crippen LogP contribution is 3.02. The predicted molar refractivity (Wildman–Crippen MR) is 110 cm³/mol. The van der Waals surface area contributed by atoms with Gasteiger partial charge in [0.1, 0.15) is 16.5 Å². The van der Waals surface area contributed by atoms with Crippen molar-refractivity contribution in [3.63, 3.8) is 0 Å². The molecule has 0 amide bonds. The number of benzene rings is 1. The first-order chi connectivity index (χ1) is 13.9. The summed E-state index contributed by atoms with van der Waals surface area (Å²) in [6.45, 7) is 0.874. The molecule has 0 unspecified atom stereocenters. The third-order valence-corrected chi connectivity index (χ3v) is 6.41. The molecule has 0 radical (unpaired) electrons. The maximum atomic E-state index is 12.9. The largest absolute Gasteiger partial charge is 0.340 e. The normalized spacial score (nSPS) is 16.1. The van der Waals surface area contributed by atoms with Crippen LogP contribution in [0.4, 0.5) is 30.9 Å². The number of rotatable bonds is 6. The molecule has 0 atom stereocenters. The van der Waals surface area contributed by atoms with Crippen LogP contribution < -0.4 is 10.0 Å². The third-order valence-electron chi connectivity index (χ3n) is 4.58. The van der Waals surface area contributed by atoms with Gasteiger partial charge in [-0.1, -0.05) is 19.4 Å². The van der Waals surface area contributed by atoms with Gasteiger partial charge in [-0.3, -0.25) is 4.72 Å². The Bertz CT molecular complexity index is 1080. The number of halogens is 5. The molecule has 162 valence electrons. The summed E-state index contributed by atoms with van der Waals surface area (Å²) in [5, 5.41) is 2.92. The third kappa shape index (κ3) is 4.40. The van der Waals surface area contributed by atoms with Gasteiger partial charge in [-0.2, -0.15) is 0 Å². The molecular formula is C18H18F5N5S2. The number of hydrogen-bond donors (Lipinski definition) is 2. The van der Waals surface area contributed by atoms with E-state index >= 15 is 0 Å². The van der Waals surface area contributed by atoms with Crippen molar-refractivity contribution in [2.75, 3.05) is 12.4 Å². The van der Waals surface area contributed by atoms with Gasteiger partial charge in [-0.05, 0) is 55.7 Å². The molecule has 2 aromatic heterocycles. The number of hydrogen-bond acceptors (Lipinski definition) is 5. The van der Waals surface area contributed by atoms with Crippen molar-refractivity contribution in [1.29, 1.82) is 0 Å². The van der Waals surface area contributed by atoms with Crippen molar-refractivity contribution in [3.8, 4) is 11.3 Å². The molecule has 0 saturated heterocycles. The van der Waals surface area contributed by atoms with Gasteiger partial charge in [-0.25, -0.2) is 9.97 Å². The Morgan fingerprint density at radius 1 is 1.10 bits per heavy atom. The Kier molecular flexibility index (Phi) is 4.60. The summed E-state index contributed by atoms with van der Waals surface area (Å²) in [6, 6.07) is 4.53. The number of aromatic nitrogens is 3. The second kappa shape index (κ2) is 6.59. The number of imidazole rings is 1. The zero-order chi connectivity index (χ0) is 21.6. The first-order valence-corrected chi connectivity index (χ1v) is 11.7. The van der Waals surface area contributed by atoms with E-state index in [1.807, 2.05) is 12.3 Å². The standard InChI is InChI=1S/C18H18F5N5S2/c1-24-29-13-9-15(16-11-28-8-2-3-17(28)27-16)18(25-10-13)26-12-4-6-14(7-5-12)30(19,20,21,22)23/h4-7,9-11,24H,2-3,8H2,1H3,(H,25,26). The summed E-state index contributed by atoms with van der Waals surface area (Å²) in [5.41, 5.74) is 1.55. The molecule has 1 aliphatic rings. The molecule has 30 heavy (non-hydrogen) atoms. The van der Waals surface area contributed by atoms with Crippen molar-refractivity contribution < 1.29 is 19.4 Å². The Hall–Kier alpha value is -2.31. The van der Waals surface area contributed by atoms with Gasteiger partial charge in [0.15, 0.2) is 0 Å². The van der Waals surface area contributed by atoms with E-state index in [1.54, 1.807) is 13.2 Å². The molecule has 0 spiro atoms. The van der Waals surface area contributed by atoms with E-state index in [-0.39, 0.29) is 5.69 Å². The highest BCUT2D eigenvalue weighted by Gasteiger charge is 2.65. The fourth-order valence-electron chi connectivity index (χ4n) is 3.23. The lowest BCUT2D eigenvalue weighted by molar-refractivity contribution is 0.364. The second-order valence-electron chi connectivity index (χ2n) is 6.83. The predicted octanol–water partition coefficient (Wildman–Crippen LogP) is 6.52. The van der Waals surface area contributed by atoms with Crippen LogP contribution in [-0.4, -0.2) is 21.6 Å². The first kappa shape index (κ1) is 20.9. The van der Waals surface area contributed by atoms with E-state index in [9.17, 15) is 19.4 Å². The molecule has 2 N–H and O–H groups in total. The van der Waals surface area contributed by atoms with Gasteiger partial charge in [0.2, 0.25) is 0 Å². The van der Waals surface area contributed by atoms with Crippen LogP contribution in [0, 0.1) is 0 Å². The number of fused-ring (bicyclic) bond motifs is 1. The lowest BCUT2D eigenvalue weighted by Crippen LogP contribution is -2.06. The minimum absolute atomic E-state index is 0.204. The van der Waals surface area contributed by atoms with Gasteiger partial charge in [0.05, 0.1) is 5.69 Å². The van der Waals surface area contributed by atoms with Gasteiger partial charge in [-0.15, -0.1) is 0 Å². The van der Waals surface area contributed by atoms with Gasteiger partial charge >= 0.3 is 10.2 Å². The molecule has 0 bridgehead atoms. The quantitative estimate of drug-likeness (QED) is 0.322. The van der Waals surface area contributed by atoms with E-state index in [0.717, 1.165) is 42.2 Å².